The van der Waals surface area contributed by atoms with E-state index in [1.807, 2.05) is 13.2 Å². The van der Waals surface area contributed by atoms with Crippen LogP contribution in [0.3, 0.4) is 0 Å². The van der Waals surface area contributed by atoms with Crippen LogP contribution in [0.15, 0.2) is 12.3 Å². The Kier molecular flexibility index (Phi) is 5.87. The lowest BCUT2D eigenvalue weighted by atomic mass is 10.2. The minimum Gasteiger partial charge on any atom is -0.352 e. The Bertz CT molecular complexity index is 416. The van der Waals surface area contributed by atoms with Crippen LogP contribution in [0.25, 0.3) is 0 Å². The summed E-state index contributed by atoms with van der Waals surface area (Å²) >= 11 is 1.70. The van der Waals surface area contributed by atoms with Crippen LogP contribution < -0.4 is 16.6 Å². The van der Waals surface area contributed by atoms with Crippen LogP contribution in [0.1, 0.15) is 17.3 Å². The van der Waals surface area contributed by atoms with Gasteiger partial charge < -0.3 is 10.7 Å². The van der Waals surface area contributed by atoms with Crippen molar-refractivity contribution in [1.82, 2.24) is 10.3 Å². The van der Waals surface area contributed by atoms with Gasteiger partial charge in [-0.15, -0.1) is 0 Å². The predicted octanol–water partition coefficient (Wildman–Crippen LogP) is 1.24. The summed E-state index contributed by atoms with van der Waals surface area (Å²) in [5.41, 5.74) is 2.05. The molecule has 1 amide bonds. The fraction of sp³-hybridized carbons (Fsp3) is 0.455. The molecule has 0 bridgehead atoms. The highest BCUT2D eigenvalue weighted by molar-refractivity contribution is 7.98. The Morgan fingerprint density at radius 2 is 2.39 bits per heavy atom. The molecule has 100 valence electrons. The van der Waals surface area contributed by atoms with E-state index in [9.17, 15) is 9.18 Å². The second-order valence-electron chi connectivity index (χ2n) is 3.94. The lowest BCUT2D eigenvalue weighted by Crippen LogP contribution is -2.30. The molecular formula is C11H17FN4OS. The number of aromatic nitrogens is 1. The zero-order valence-corrected chi connectivity index (χ0v) is 11.2. The summed E-state index contributed by atoms with van der Waals surface area (Å²) in [6.45, 7) is 2.53. The molecule has 0 aliphatic carbocycles. The van der Waals surface area contributed by atoms with Crippen molar-refractivity contribution in [3.63, 3.8) is 0 Å². The van der Waals surface area contributed by atoms with Crippen molar-refractivity contribution < 1.29 is 9.18 Å². The van der Waals surface area contributed by atoms with Crippen molar-refractivity contribution in [2.45, 2.75) is 6.92 Å². The first-order valence-corrected chi connectivity index (χ1v) is 6.87. The number of hydrogen-bond donors (Lipinski definition) is 3. The number of hydrazine groups is 1. The van der Waals surface area contributed by atoms with E-state index in [-0.39, 0.29) is 11.4 Å². The van der Waals surface area contributed by atoms with Gasteiger partial charge in [0, 0.05) is 12.7 Å². The normalized spacial score (nSPS) is 12.0. The van der Waals surface area contributed by atoms with Gasteiger partial charge >= 0.3 is 0 Å². The van der Waals surface area contributed by atoms with Crippen molar-refractivity contribution in [2.24, 2.45) is 11.8 Å². The molecule has 1 heterocycles. The number of nitrogens with zero attached hydrogens (tertiary/aromatic N) is 1. The van der Waals surface area contributed by atoms with E-state index >= 15 is 0 Å². The van der Waals surface area contributed by atoms with Crippen LogP contribution in [0.4, 0.5) is 10.2 Å². The SMILES string of the molecule is CSCC(C)CNC(=O)c1ccnc(NN)c1F. The molecule has 0 spiro atoms. The molecule has 1 unspecified atom stereocenters. The number of nitrogens with one attached hydrogen (secondary N) is 2. The summed E-state index contributed by atoms with van der Waals surface area (Å²) in [6.07, 6.45) is 3.33. The molecule has 0 saturated heterocycles. The van der Waals surface area contributed by atoms with E-state index in [1.165, 1.54) is 12.3 Å². The highest BCUT2D eigenvalue weighted by atomic mass is 32.2. The number of pyridine rings is 1. The third kappa shape index (κ3) is 3.85. The van der Waals surface area contributed by atoms with Gasteiger partial charge in [-0.25, -0.2) is 15.2 Å². The van der Waals surface area contributed by atoms with E-state index in [1.54, 1.807) is 11.8 Å². The van der Waals surface area contributed by atoms with E-state index < -0.39 is 11.7 Å². The van der Waals surface area contributed by atoms with Crippen LogP contribution in [-0.4, -0.2) is 29.4 Å². The highest BCUT2D eigenvalue weighted by Gasteiger charge is 2.15. The fourth-order valence-corrected chi connectivity index (χ4v) is 2.11. The zero-order valence-electron chi connectivity index (χ0n) is 10.4. The van der Waals surface area contributed by atoms with Gasteiger partial charge in [0.25, 0.3) is 5.91 Å². The van der Waals surface area contributed by atoms with Crippen molar-refractivity contribution in [1.29, 1.82) is 0 Å². The Balaban J connectivity index is 2.67. The Morgan fingerprint density at radius 3 is 3.00 bits per heavy atom. The van der Waals surface area contributed by atoms with E-state index in [0.29, 0.717) is 12.5 Å². The van der Waals surface area contributed by atoms with Crippen molar-refractivity contribution in [2.75, 3.05) is 24.0 Å². The fourth-order valence-electron chi connectivity index (χ4n) is 1.43. The van der Waals surface area contributed by atoms with Gasteiger partial charge in [0.05, 0.1) is 5.56 Å². The van der Waals surface area contributed by atoms with E-state index in [4.69, 9.17) is 5.84 Å². The summed E-state index contributed by atoms with van der Waals surface area (Å²) in [4.78, 5) is 15.5. The summed E-state index contributed by atoms with van der Waals surface area (Å²) in [5.74, 6) is 5.03. The molecule has 7 heteroatoms. The molecule has 0 aliphatic heterocycles. The Labute approximate surface area is 110 Å². The average Bonchev–Trinajstić information content (AvgIpc) is 2.36. The summed E-state index contributed by atoms with van der Waals surface area (Å²) < 4.78 is 13.7. The lowest BCUT2D eigenvalue weighted by molar-refractivity contribution is 0.0945. The number of carbonyl (C=O) groups excluding carboxylic acids is 1. The van der Waals surface area contributed by atoms with Crippen LogP contribution in [0.5, 0.6) is 0 Å². The molecule has 4 N–H and O–H groups in total. The van der Waals surface area contributed by atoms with Gasteiger partial charge in [-0.2, -0.15) is 11.8 Å². The lowest BCUT2D eigenvalue weighted by Gasteiger charge is -2.12. The number of halogens is 1. The molecule has 0 saturated carbocycles. The number of hydrogen-bond acceptors (Lipinski definition) is 5. The van der Waals surface area contributed by atoms with Gasteiger partial charge in [-0.1, -0.05) is 6.92 Å². The summed E-state index contributed by atoms with van der Waals surface area (Å²) in [5, 5.41) is 2.69. The smallest absolute Gasteiger partial charge is 0.254 e. The second kappa shape index (κ2) is 7.17. The topological polar surface area (TPSA) is 80.0 Å². The molecule has 18 heavy (non-hydrogen) atoms. The van der Waals surface area contributed by atoms with Gasteiger partial charge in [0.1, 0.15) is 0 Å². The first-order valence-electron chi connectivity index (χ1n) is 5.48. The molecule has 1 aromatic rings. The minimum absolute atomic E-state index is 0.0608. The van der Waals surface area contributed by atoms with Gasteiger partial charge in [0.15, 0.2) is 11.6 Å². The van der Waals surface area contributed by atoms with Gasteiger partial charge in [-0.05, 0) is 24.0 Å². The molecular weight excluding hydrogens is 255 g/mol. The summed E-state index contributed by atoms with van der Waals surface area (Å²) in [7, 11) is 0. The predicted molar refractivity (Wildman–Crippen MR) is 71.9 cm³/mol. The number of amides is 1. The van der Waals surface area contributed by atoms with Crippen LogP contribution >= 0.6 is 11.8 Å². The third-order valence-corrected chi connectivity index (χ3v) is 3.24. The zero-order chi connectivity index (χ0) is 13.5. The van der Waals surface area contributed by atoms with Crippen LogP contribution in [-0.2, 0) is 0 Å². The first-order chi connectivity index (χ1) is 8.60. The van der Waals surface area contributed by atoms with E-state index in [0.717, 1.165) is 5.75 Å². The van der Waals surface area contributed by atoms with Crippen LogP contribution in [0, 0.1) is 11.7 Å². The monoisotopic (exact) mass is 272 g/mol. The highest BCUT2D eigenvalue weighted by Crippen LogP contribution is 2.13. The van der Waals surface area contributed by atoms with Crippen molar-refractivity contribution in [3.05, 3.63) is 23.6 Å². The second-order valence-corrected chi connectivity index (χ2v) is 4.85. The first kappa shape index (κ1) is 14.7. The molecule has 1 atom stereocenters. The maximum Gasteiger partial charge on any atom is 0.254 e. The number of anilines is 1. The third-order valence-electron chi connectivity index (χ3n) is 2.33. The van der Waals surface area contributed by atoms with E-state index in [2.05, 4.69) is 15.7 Å². The van der Waals surface area contributed by atoms with Gasteiger partial charge in [-0.3, -0.25) is 4.79 Å². The minimum atomic E-state index is -0.741. The number of carbonyl (C=O) groups is 1. The van der Waals surface area contributed by atoms with Crippen molar-refractivity contribution >= 4 is 23.5 Å². The Hall–Kier alpha value is -1.34. The molecule has 0 fully saturated rings. The number of thioether (sulfide) groups is 1. The molecule has 0 aliphatic rings. The van der Waals surface area contributed by atoms with Crippen LogP contribution in [0.2, 0.25) is 0 Å². The average molecular weight is 272 g/mol. The standard InChI is InChI=1S/C11H17FN4OS/c1-7(6-18-2)5-15-11(17)8-3-4-14-10(16-13)9(8)12/h3-4,7H,5-6,13H2,1-2H3,(H,14,16)(H,15,17). The molecule has 1 aromatic heterocycles. The maximum atomic E-state index is 13.7. The number of rotatable bonds is 6. The molecule has 0 radical (unpaired) electrons. The quantitative estimate of drug-likeness (QED) is 0.536. The molecule has 1 rings (SSSR count). The molecule has 0 aromatic carbocycles. The number of nitrogen functional groups attached to an aromatic ring is 1. The summed E-state index contributed by atoms with van der Waals surface area (Å²) in [6, 6.07) is 1.32. The number of nitrogens with two attached hydrogens (primary N) is 1. The van der Waals surface area contributed by atoms with Crippen molar-refractivity contribution in [3.8, 4) is 0 Å². The largest absolute Gasteiger partial charge is 0.352 e. The van der Waals surface area contributed by atoms with Gasteiger partial charge in [0.2, 0.25) is 0 Å². The maximum absolute atomic E-state index is 13.7. The Morgan fingerprint density at radius 1 is 1.67 bits per heavy atom. The molecule has 5 nitrogen and oxygen atoms in total.